The highest BCUT2D eigenvalue weighted by Crippen LogP contribution is 2.27. The third-order valence-corrected chi connectivity index (χ3v) is 5.03. The summed E-state index contributed by atoms with van der Waals surface area (Å²) < 4.78 is 12.4. The molecular weight excluding hydrogens is 278 g/mol. The van der Waals surface area contributed by atoms with Crippen LogP contribution < -0.4 is 5.73 Å². The molecule has 2 aromatic rings. The quantitative estimate of drug-likeness (QED) is 0.874. The van der Waals surface area contributed by atoms with Gasteiger partial charge in [0.1, 0.15) is 0 Å². The van der Waals surface area contributed by atoms with E-state index < -0.39 is 10.8 Å². The van der Waals surface area contributed by atoms with Crippen molar-refractivity contribution in [2.75, 3.05) is 5.73 Å². The van der Waals surface area contributed by atoms with Crippen LogP contribution in [0.1, 0.15) is 16.7 Å². The first-order valence-electron chi connectivity index (χ1n) is 5.97. The van der Waals surface area contributed by atoms with E-state index in [4.69, 9.17) is 17.3 Å². The van der Waals surface area contributed by atoms with Crippen LogP contribution in [-0.4, -0.2) is 4.21 Å². The van der Waals surface area contributed by atoms with Crippen LogP contribution in [0, 0.1) is 13.8 Å². The largest absolute Gasteiger partial charge is 0.398 e. The van der Waals surface area contributed by atoms with Gasteiger partial charge in [0.15, 0.2) is 0 Å². The van der Waals surface area contributed by atoms with Gasteiger partial charge in [0.25, 0.3) is 0 Å². The molecule has 2 rings (SSSR count). The van der Waals surface area contributed by atoms with Crippen molar-refractivity contribution in [2.24, 2.45) is 0 Å². The molecule has 0 radical (unpaired) electrons. The van der Waals surface area contributed by atoms with Gasteiger partial charge in [-0.2, -0.15) is 0 Å². The molecule has 0 aliphatic heterocycles. The minimum absolute atomic E-state index is 0.426. The van der Waals surface area contributed by atoms with Crippen molar-refractivity contribution in [3.63, 3.8) is 0 Å². The molecule has 2 N–H and O–H groups in total. The normalized spacial score (nSPS) is 12.4. The Hall–Kier alpha value is -1.32. The SMILES string of the molecule is Cc1ccc(CS(=O)c2c(N)cccc2Cl)cc1C. The average Bonchev–Trinajstić information content (AvgIpc) is 2.33. The summed E-state index contributed by atoms with van der Waals surface area (Å²) in [4.78, 5) is 0.530. The van der Waals surface area contributed by atoms with Gasteiger partial charge in [-0.1, -0.05) is 35.9 Å². The van der Waals surface area contributed by atoms with Crippen molar-refractivity contribution in [1.29, 1.82) is 0 Å². The Bertz CT molecular complexity index is 620. The zero-order valence-electron chi connectivity index (χ0n) is 10.9. The standard InChI is InChI=1S/C15H16ClNOS/c1-10-6-7-12(8-11(10)2)9-19(18)15-13(16)4-3-5-14(15)17/h3-8H,9,17H2,1-2H3. The Morgan fingerprint density at radius 3 is 2.53 bits per heavy atom. The van der Waals surface area contributed by atoms with Crippen LogP contribution in [0.5, 0.6) is 0 Å². The second-order valence-electron chi connectivity index (χ2n) is 4.57. The monoisotopic (exact) mass is 293 g/mol. The number of nitrogen functional groups attached to an aromatic ring is 1. The van der Waals surface area contributed by atoms with Gasteiger partial charge in [-0.05, 0) is 42.7 Å². The maximum absolute atomic E-state index is 12.4. The Morgan fingerprint density at radius 1 is 1.16 bits per heavy atom. The lowest BCUT2D eigenvalue weighted by Gasteiger charge is -2.09. The van der Waals surface area contributed by atoms with E-state index in [0.29, 0.717) is 21.4 Å². The van der Waals surface area contributed by atoms with E-state index in [2.05, 4.69) is 13.0 Å². The molecule has 0 saturated carbocycles. The number of rotatable bonds is 3. The van der Waals surface area contributed by atoms with Gasteiger partial charge in [-0.25, -0.2) is 0 Å². The zero-order chi connectivity index (χ0) is 14.0. The van der Waals surface area contributed by atoms with Crippen molar-refractivity contribution in [3.8, 4) is 0 Å². The molecule has 0 amide bonds. The van der Waals surface area contributed by atoms with Gasteiger partial charge in [0, 0.05) is 5.69 Å². The lowest BCUT2D eigenvalue weighted by Crippen LogP contribution is -2.02. The molecule has 1 unspecified atom stereocenters. The van der Waals surface area contributed by atoms with Gasteiger partial charge >= 0.3 is 0 Å². The molecule has 1 atom stereocenters. The lowest BCUT2D eigenvalue weighted by molar-refractivity contribution is 0.683. The molecule has 2 aromatic carbocycles. The van der Waals surface area contributed by atoms with Gasteiger partial charge in [0.2, 0.25) is 0 Å². The number of halogens is 1. The summed E-state index contributed by atoms with van der Waals surface area (Å²) >= 11 is 6.07. The predicted molar refractivity (Wildman–Crippen MR) is 81.9 cm³/mol. The maximum Gasteiger partial charge on any atom is 0.0806 e. The Morgan fingerprint density at radius 2 is 1.89 bits per heavy atom. The van der Waals surface area contributed by atoms with E-state index in [1.165, 1.54) is 11.1 Å². The van der Waals surface area contributed by atoms with Crippen molar-refractivity contribution in [2.45, 2.75) is 24.5 Å². The van der Waals surface area contributed by atoms with Crippen molar-refractivity contribution >= 4 is 28.1 Å². The van der Waals surface area contributed by atoms with Crippen LogP contribution >= 0.6 is 11.6 Å². The Kier molecular flexibility index (Phi) is 4.27. The first-order chi connectivity index (χ1) is 8.99. The molecule has 19 heavy (non-hydrogen) atoms. The van der Waals surface area contributed by atoms with Crippen molar-refractivity contribution < 1.29 is 4.21 Å². The fourth-order valence-electron chi connectivity index (χ4n) is 1.88. The van der Waals surface area contributed by atoms with Crippen LogP contribution in [0.2, 0.25) is 5.02 Å². The smallest absolute Gasteiger partial charge is 0.0806 e. The molecule has 0 fully saturated rings. The Labute approximate surface area is 121 Å². The molecule has 0 saturated heterocycles. The predicted octanol–water partition coefficient (Wildman–Crippen LogP) is 3.85. The molecule has 0 aromatic heterocycles. The van der Waals surface area contributed by atoms with E-state index in [0.717, 1.165) is 5.56 Å². The minimum atomic E-state index is -1.23. The van der Waals surface area contributed by atoms with Gasteiger partial charge < -0.3 is 5.73 Å². The molecule has 100 valence electrons. The van der Waals surface area contributed by atoms with E-state index in [1.54, 1.807) is 18.2 Å². The fraction of sp³-hybridized carbons (Fsp3) is 0.200. The second-order valence-corrected chi connectivity index (χ2v) is 6.36. The number of hydrogen-bond donors (Lipinski definition) is 1. The third-order valence-electron chi connectivity index (χ3n) is 3.09. The summed E-state index contributed by atoms with van der Waals surface area (Å²) in [6.45, 7) is 4.10. The summed E-state index contributed by atoms with van der Waals surface area (Å²) in [5.41, 5.74) is 9.79. The van der Waals surface area contributed by atoms with E-state index in [-0.39, 0.29) is 0 Å². The molecule has 0 spiro atoms. The van der Waals surface area contributed by atoms with Crippen molar-refractivity contribution in [1.82, 2.24) is 0 Å². The molecule has 2 nitrogen and oxygen atoms in total. The molecule has 0 bridgehead atoms. The molecule has 0 heterocycles. The number of benzene rings is 2. The second kappa shape index (κ2) is 5.76. The highest BCUT2D eigenvalue weighted by atomic mass is 35.5. The van der Waals surface area contributed by atoms with Crippen LogP contribution in [0.4, 0.5) is 5.69 Å². The number of nitrogens with two attached hydrogens (primary N) is 1. The summed E-state index contributed by atoms with van der Waals surface area (Å²) in [6.07, 6.45) is 0. The van der Waals surface area contributed by atoms with Crippen molar-refractivity contribution in [3.05, 3.63) is 58.1 Å². The van der Waals surface area contributed by atoms with Gasteiger partial charge in [-0.3, -0.25) is 4.21 Å². The fourth-order valence-corrected chi connectivity index (χ4v) is 3.57. The summed E-state index contributed by atoms with van der Waals surface area (Å²) in [6, 6.07) is 11.3. The average molecular weight is 294 g/mol. The van der Waals surface area contributed by atoms with E-state index in [9.17, 15) is 4.21 Å². The highest BCUT2D eigenvalue weighted by molar-refractivity contribution is 7.84. The molecule has 0 aliphatic rings. The number of aryl methyl sites for hydroxylation is 2. The number of anilines is 1. The van der Waals surface area contributed by atoms with E-state index >= 15 is 0 Å². The molecule has 4 heteroatoms. The summed E-state index contributed by atoms with van der Waals surface area (Å²) in [7, 11) is -1.23. The highest BCUT2D eigenvalue weighted by Gasteiger charge is 2.13. The van der Waals surface area contributed by atoms with Crippen LogP contribution in [0.3, 0.4) is 0 Å². The summed E-state index contributed by atoms with van der Waals surface area (Å²) in [5, 5.41) is 0.460. The van der Waals surface area contributed by atoms with Crippen LogP contribution in [0.15, 0.2) is 41.3 Å². The maximum atomic E-state index is 12.4. The first kappa shape index (κ1) is 14.1. The Balaban J connectivity index is 2.28. The van der Waals surface area contributed by atoms with Gasteiger partial charge in [-0.15, -0.1) is 0 Å². The van der Waals surface area contributed by atoms with Gasteiger partial charge in [0.05, 0.1) is 26.5 Å². The minimum Gasteiger partial charge on any atom is -0.398 e. The molecule has 0 aliphatic carbocycles. The van der Waals surface area contributed by atoms with Crippen LogP contribution in [-0.2, 0) is 16.6 Å². The summed E-state index contributed by atoms with van der Waals surface area (Å²) in [5.74, 6) is 0.426. The lowest BCUT2D eigenvalue weighted by atomic mass is 10.1. The zero-order valence-corrected chi connectivity index (χ0v) is 12.5. The molecular formula is C15H16ClNOS. The van der Waals surface area contributed by atoms with E-state index in [1.807, 2.05) is 19.1 Å². The number of hydrogen-bond acceptors (Lipinski definition) is 2. The van der Waals surface area contributed by atoms with Crippen LogP contribution in [0.25, 0.3) is 0 Å². The third kappa shape index (κ3) is 3.17. The topological polar surface area (TPSA) is 43.1 Å². The first-order valence-corrected chi connectivity index (χ1v) is 7.67.